The molecule has 0 saturated carbocycles. The van der Waals surface area contributed by atoms with Crippen LogP contribution in [0.4, 0.5) is 10.5 Å². The molecule has 0 aliphatic rings. The molecule has 7 heteroatoms. The topological polar surface area (TPSA) is 88.1 Å². The molecule has 0 atom stereocenters. The van der Waals surface area contributed by atoms with Crippen LogP contribution >= 0.6 is 0 Å². The summed E-state index contributed by atoms with van der Waals surface area (Å²) < 4.78 is 10.5. The van der Waals surface area contributed by atoms with Gasteiger partial charge in [0.15, 0.2) is 0 Å². The largest absolute Gasteiger partial charge is 0.497 e. The van der Waals surface area contributed by atoms with Gasteiger partial charge in [-0.25, -0.2) is 4.79 Å². The minimum Gasteiger partial charge on any atom is -0.497 e. The van der Waals surface area contributed by atoms with Gasteiger partial charge in [0.25, 0.3) is 0 Å². The number of methoxy groups -OCH3 is 1. The molecule has 1 aromatic rings. The molecule has 0 fully saturated rings. The third kappa shape index (κ3) is 5.21. The van der Waals surface area contributed by atoms with Crippen molar-refractivity contribution in [2.24, 2.45) is 0 Å². The molecule has 2 amide bonds. The van der Waals surface area contributed by atoms with Crippen LogP contribution in [0.3, 0.4) is 0 Å². The molecule has 0 spiro atoms. The Morgan fingerprint density at radius 2 is 2.10 bits per heavy atom. The van der Waals surface area contributed by atoms with E-state index < -0.39 is 12.0 Å². The smallest absolute Gasteiger partial charge is 0.321 e. The number of urea groups is 1. The lowest BCUT2D eigenvalue weighted by molar-refractivity contribution is -0.137. The van der Waals surface area contributed by atoms with E-state index in [4.69, 9.17) is 14.6 Å². The van der Waals surface area contributed by atoms with Crippen LogP contribution in [-0.4, -0.2) is 49.3 Å². The lowest BCUT2D eigenvalue weighted by Gasteiger charge is -2.19. The third-order valence-electron chi connectivity index (χ3n) is 2.74. The molecule has 0 aliphatic heterocycles. The van der Waals surface area contributed by atoms with Gasteiger partial charge in [-0.2, -0.15) is 0 Å². The molecule has 21 heavy (non-hydrogen) atoms. The Morgan fingerprint density at radius 1 is 1.38 bits per heavy atom. The standard InChI is InChI=1S/C14H20N2O5/c1-4-21-12-6-5-10(20-3)9-11(12)15-14(19)16(2)8-7-13(17)18/h5-6,9H,4,7-8H2,1-3H3,(H,15,19)(H,17,18). The molecule has 0 bridgehead atoms. The van der Waals surface area contributed by atoms with E-state index in [1.165, 1.54) is 19.1 Å². The van der Waals surface area contributed by atoms with Gasteiger partial charge in [0.2, 0.25) is 0 Å². The van der Waals surface area contributed by atoms with Crippen LogP contribution in [-0.2, 0) is 4.79 Å². The van der Waals surface area contributed by atoms with Crippen molar-refractivity contribution < 1.29 is 24.2 Å². The molecule has 0 unspecified atom stereocenters. The summed E-state index contributed by atoms with van der Waals surface area (Å²) in [7, 11) is 3.05. The van der Waals surface area contributed by atoms with E-state index in [1.54, 1.807) is 18.2 Å². The first-order chi connectivity index (χ1) is 9.97. The van der Waals surface area contributed by atoms with Gasteiger partial charge >= 0.3 is 12.0 Å². The Kier molecular flexibility index (Phi) is 6.32. The molecule has 2 N–H and O–H groups in total. The van der Waals surface area contributed by atoms with Gasteiger partial charge in [0, 0.05) is 19.7 Å². The van der Waals surface area contributed by atoms with Crippen LogP contribution in [0.25, 0.3) is 0 Å². The molecule has 0 aromatic heterocycles. The van der Waals surface area contributed by atoms with Crippen LogP contribution in [0.5, 0.6) is 11.5 Å². The number of nitrogens with zero attached hydrogens (tertiary/aromatic N) is 1. The van der Waals surface area contributed by atoms with Crippen LogP contribution in [0.2, 0.25) is 0 Å². The Morgan fingerprint density at radius 3 is 2.67 bits per heavy atom. The van der Waals surface area contributed by atoms with Gasteiger partial charge in [-0.3, -0.25) is 4.79 Å². The zero-order valence-corrected chi connectivity index (χ0v) is 12.4. The third-order valence-corrected chi connectivity index (χ3v) is 2.74. The average Bonchev–Trinajstić information content (AvgIpc) is 2.46. The van der Waals surface area contributed by atoms with Crippen LogP contribution in [0.15, 0.2) is 18.2 Å². The number of hydrogen-bond acceptors (Lipinski definition) is 4. The van der Waals surface area contributed by atoms with E-state index in [9.17, 15) is 9.59 Å². The Bertz CT molecular complexity index is 504. The highest BCUT2D eigenvalue weighted by molar-refractivity contribution is 5.91. The highest BCUT2D eigenvalue weighted by Gasteiger charge is 2.13. The maximum atomic E-state index is 12.0. The van der Waals surface area contributed by atoms with E-state index in [0.717, 1.165) is 0 Å². The SMILES string of the molecule is CCOc1ccc(OC)cc1NC(=O)N(C)CCC(=O)O. The number of rotatable bonds is 7. The van der Waals surface area contributed by atoms with Crippen molar-refractivity contribution in [1.29, 1.82) is 0 Å². The fraction of sp³-hybridized carbons (Fsp3) is 0.429. The van der Waals surface area contributed by atoms with Crippen molar-refractivity contribution >= 4 is 17.7 Å². The normalized spacial score (nSPS) is 9.86. The fourth-order valence-electron chi connectivity index (χ4n) is 1.59. The minimum absolute atomic E-state index is 0.111. The number of hydrogen-bond donors (Lipinski definition) is 2. The van der Waals surface area contributed by atoms with Gasteiger partial charge < -0.3 is 24.8 Å². The first-order valence-corrected chi connectivity index (χ1v) is 6.52. The molecule has 0 saturated heterocycles. The zero-order valence-electron chi connectivity index (χ0n) is 12.4. The van der Waals surface area contributed by atoms with E-state index in [1.807, 2.05) is 6.92 Å². The highest BCUT2D eigenvalue weighted by Crippen LogP contribution is 2.29. The summed E-state index contributed by atoms with van der Waals surface area (Å²) in [4.78, 5) is 23.8. The number of carbonyl (C=O) groups is 2. The molecular formula is C14H20N2O5. The molecule has 1 aromatic carbocycles. The summed E-state index contributed by atoms with van der Waals surface area (Å²) in [5.74, 6) is 0.159. The first-order valence-electron chi connectivity index (χ1n) is 6.52. The molecule has 116 valence electrons. The molecule has 0 aliphatic carbocycles. The van der Waals surface area contributed by atoms with Gasteiger partial charge in [-0.15, -0.1) is 0 Å². The Hall–Kier alpha value is -2.44. The predicted octanol–water partition coefficient (Wildman–Crippen LogP) is 2.03. The second-order valence-electron chi connectivity index (χ2n) is 4.29. The lowest BCUT2D eigenvalue weighted by Crippen LogP contribution is -2.33. The molecule has 1 rings (SSSR count). The predicted molar refractivity (Wildman–Crippen MR) is 78.1 cm³/mol. The van der Waals surface area contributed by atoms with Crippen molar-refractivity contribution in [3.63, 3.8) is 0 Å². The maximum absolute atomic E-state index is 12.0. The summed E-state index contributed by atoms with van der Waals surface area (Å²) in [6, 6.07) is 4.67. The number of aliphatic carboxylic acids is 1. The monoisotopic (exact) mass is 296 g/mol. The van der Waals surface area contributed by atoms with Gasteiger partial charge in [0.05, 0.1) is 25.8 Å². The number of carbonyl (C=O) groups excluding carboxylic acids is 1. The number of ether oxygens (including phenoxy) is 2. The quantitative estimate of drug-likeness (QED) is 0.803. The minimum atomic E-state index is -0.953. The number of carboxylic acids is 1. The van der Waals surface area contributed by atoms with Gasteiger partial charge in [0.1, 0.15) is 11.5 Å². The second-order valence-corrected chi connectivity index (χ2v) is 4.29. The van der Waals surface area contributed by atoms with Crippen LogP contribution < -0.4 is 14.8 Å². The molecule has 7 nitrogen and oxygen atoms in total. The average molecular weight is 296 g/mol. The van der Waals surface area contributed by atoms with Crippen LogP contribution in [0, 0.1) is 0 Å². The summed E-state index contributed by atoms with van der Waals surface area (Å²) >= 11 is 0. The van der Waals surface area contributed by atoms with Crippen LogP contribution in [0.1, 0.15) is 13.3 Å². The van der Waals surface area contributed by atoms with Gasteiger partial charge in [-0.05, 0) is 19.1 Å². The van der Waals surface area contributed by atoms with E-state index in [0.29, 0.717) is 23.8 Å². The molecule has 0 radical (unpaired) electrons. The van der Waals surface area contributed by atoms with Crippen molar-refractivity contribution in [2.75, 3.05) is 32.6 Å². The van der Waals surface area contributed by atoms with Crippen molar-refractivity contribution in [2.45, 2.75) is 13.3 Å². The highest BCUT2D eigenvalue weighted by atomic mass is 16.5. The number of nitrogens with one attached hydrogen (secondary N) is 1. The van der Waals surface area contributed by atoms with Gasteiger partial charge in [-0.1, -0.05) is 0 Å². The van der Waals surface area contributed by atoms with Crippen molar-refractivity contribution in [1.82, 2.24) is 4.90 Å². The Balaban J connectivity index is 2.79. The number of anilines is 1. The second kappa shape index (κ2) is 7.98. The van der Waals surface area contributed by atoms with Crippen molar-refractivity contribution in [3.8, 4) is 11.5 Å². The zero-order chi connectivity index (χ0) is 15.8. The summed E-state index contributed by atoms with van der Waals surface area (Å²) in [6.45, 7) is 2.42. The number of benzene rings is 1. The number of amides is 2. The molecule has 0 heterocycles. The lowest BCUT2D eigenvalue weighted by atomic mass is 10.2. The Labute approximate surface area is 123 Å². The van der Waals surface area contributed by atoms with Crippen molar-refractivity contribution in [3.05, 3.63) is 18.2 Å². The van der Waals surface area contributed by atoms with E-state index in [2.05, 4.69) is 5.32 Å². The molecular weight excluding hydrogens is 276 g/mol. The van der Waals surface area contributed by atoms with E-state index in [-0.39, 0.29) is 13.0 Å². The number of carboxylic acid groups (broad SMARTS) is 1. The maximum Gasteiger partial charge on any atom is 0.321 e. The summed E-state index contributed by atoms with van der Waals surface area (Å²) in [5.41, 5.74) is 0.475. The first kappa shape index (κ1) is 16.6. The summed E-state index contributed by atoms with van der Waals surface area (Å²) in [5, 5.41) is 11.3. The summed E-state index contributed by atoms with van der Waals surface area (Å²) in [6.07, 6.45) is -0.111. The van der Waals surface area contributed by atoms with E-state index >= 15 is 0 Å². The fourth-order valence-corrected chi connectivity index (χ4v) is 1.59.